The number of fused-ring (bicyclic) bond motifs is 2. The lowest BCUT2D eigenvalue weighted by molar-refractivity contribution is 0.0697. The van der Waals surface area contributed by atoms with Crippen LogP contribution in [0, 0.1) is 0 Å². The summed E-state index contributed by atoms with van der Waals surface area (Å²) in [6.45, 7) is 0.459. The van der Waals surface area contributed by atoms with Crippen molar-refractivity contribution in [1.82, 2.24) is 9.97 Å². The molecule has 4 aromatic rings. The van der Waals surface area contributed by atoms with Crippen LogP contribution in [0.4, 0.5) is 17.5 Å². The maximum atomic E-state index is 11.2. The zero-order chi connectivity index (χ0) is 25.1. The number of hydrogen-bond acceptors (Lipinski definition) is 7. The number of aryl methyl sites for hydroxylation is 1. The summed E-state index contributed by atoms with van der Waals surface area (Å²) in [5.74, 6) is 1.34. The summed E-state index contributed by atoms with van der Waals surface area (Å²) < 4.78 is 11.0. The number of nitrogens with zero attached hydrogens (tertiary/aromatic N) is 2. The number of nitrogens with one attached hydrogen (secondary N) is 2. The van der Waals surface area contributed by atoms with Crippen molar-refractivity contribution in [3.05, 3.63) is 76.9 Å². The van der Waals surface area contributed by atoms with Crippen LogP contribution < -0.4 is 20.1 Å². The summed E-state index contributed by atoms with van der Waals surface area (Å²) in [6.07, 6.45) is 4.52. The lowest BCUT2D eigenvalue weighted by atomic mass is 9.90. The maximum Gasteiger partial charge on any atom is 0.335 e. The molecule has 3 aromatic carbocycles. The molecule has 8 heteroatoms. The van der Waals surface area contributed by atoms with Crippen molar-refractivity contribution >= 4 is 34.3 Å². The number of aromatic nitrogens is 2. The Labute approximate surface area is 209 Å². The van der Waals surface area contributed by atoms with Crippen LogP contribution in [0.2, 0.25) is 0 Å². The molecule has 0 spiro atoms. The summed E-state index contributed by atoms with van der Waals surface area (Å²) in [5.41, 5.74) is 5.62. The van der Waals surface area contributed by atoms with Crippen LogP contribution in [-0.4, -0.2) is 35.3 Å². The molecule has 5 rings (SSSR count). The van der Waals surface area contributed by atoms with Gasteiger partial charge in [0.05, 0.1) is 25.3 Å². The Morgan fingerprint density at radius 3 is 2.47 bits per heavy atom. The summed E-state index contributed by atoms with van der Waals surface area (Å²) in [4.78, 5) is 20.8. The molecule has 0 saturated carbocycles. The van der Waals surface area contributed by atoms with Crippen LogP contribution in [0.5, 0.6) is 11.5 Å². The van der Waals surface area contributed by atoms with Crippen molar-refractivity contribution in [2.45, 2.75) is 32.2 Å². The van der Waals surface area contributed by atoms with Gasteiger partial charge in [0, 0.05) is 23.7 Å². The number of carboxylic acids is 1. The average Bonchev–Trinajstić information content (AvgIpc) is 2.91. The molecule has 0 unspecified atom stereocenters. The highest BCUT2D eigenvalue weighted by Gasteiger charge is 2.17. The normalized spacial score (nSPS) is 12.6. The van der Waals surface area contributed by atoms with Gasteiger partial charge < -0.3 is 25.2 Å². The monoisotopic (exact) mass is 484 g/mol. The molecule has 0 saturated heterocycles. The van der Waals surface area contributed by atoms with Gasteiger partial charge in [-0.3, -0.25) is 0 Å². The van der Waals surface area contributed by atoms with Crippen molar-refractivity contribution in [2.24, 2.45) is 0 Å². The molecule has 184 valence electrons. The highest BCUT2D eigenvalue weighted by Crippen LogP contribution is 2.36. The molecule has 8 nitrogen and oxygen atoms in total. The molecular formula is C28H28N4O4. The number of ether oxygens (including phenoxy) is 2. The second-order valence-corrected chi connectivity index (χ2v) is 8.75. The molecule has 1 heterocycles. The lowest BCUT2D eigenvalue weighted by Gasteiger charge is -2.20. The molecule has 36 heavy (non-hydrogen) atoms. The molecule has 3 N–H and O–H groups in total. The zero-order valence-corrected chi connectivity index (χ0v) is 20.3. The van der Waals surface area contributed by atoms with E-state index in [-0.39, 0.29) is 5.56 Å². The lowest BCUT2D eigenvalue weighted by Crippen LogP contribution is -2.09. The number of benzene rings is 3. The van der Waals surface area contributed by atoms with Crippen molar-refractivity contribution in [1.29, 1.82) is 0 Å². The van der Waals surface area contributed by atoms with Gasteiger partial charge >= 0.3 is 5.97 Å². The molecule has 0 fully saturated rings. The van der Waals surface area contributed by atoms with Gasteiger partial charge in [-0.25, -0.2) is 9.78 Å². The molecule has 0 amide bonds. The van der Waals surface area contributed by atoms with Crippen molar-refractivity contribution in [2.75, 3.05) is 24.9 Å². The van der Waals surface area contributed by atoms with Gasteiger partial charge in [0.25, 0.3) is 0 Å². The third kappa shape index (κ3) is 4.75. The molecule has 0 bridgehead atoms. The Hall–Kier alpha value is -4.33. The first kappa shape index (κ1) is 23.4. The Morgan fingerprint density at radius 1 is 0.972 bits per heavy atom. The fraction of sp³-hybridized carbons (Fsp3) is 0.250. The fourth-order valence-corrected chi connectivity index (χ4v) is 4.62. The second-order valence-electron chi connectivity index (χ2n) is 8.75. The fourth-order valence-electron chi connectivity index (χ4n) is 4.62. The molecule has 1 aliphatic carbocycles. The minimum Gasteiger partial charge on any atom is -0.493 e. The molecule has 0 atom stereocenters. The van der Waals surface area contributed by atoms with E-state index < -0.39 is 5.97 Å². The molecule has 1 aliphatic rings. The number of anilines is 3. The highest BCUT2D eigenvalue weighted by atomic mass is 16.5. The predicted octanol–water partition coefficient (Wildman–Crippen LogP) is 5.58. The summed E-state index contributed by atoms with van der Waals surface area (Å²) in [5, 5.41) is 16.8. The van der Waals surface area contributed by atoms with E-state index in [1.165, 1.54) is 24.0 Å². The second kappa shape index (κ2) is 10.1. The van der Waals surface area contributed by atoms with E-state index in [9.17, 15) is 4.79 Å². The van der Waals surface area contributed by atoms with Gasteiger partial charge in [-0.15, -0.1) is 0 Å². The summed E-state index contributed by atoms with van der Waals surface area (Å²) in [6, 6.07) is 16.8. The number of carbonyl (C=O) groups is 1. The Morgan fingerprint density at radius 2 is 1.72 bits per heavy atom. The van der Waals surface area contributed by atoms with Gasteiger partial charge in [-0.05, 0) is 66.6 Å². The van der Waals surface area contributed by atoms with Crippen LogP contribution in [0.25, 0.3) is 10.9 Å². The summed E-state index contributed by atoms with van der Waals surface area (Å²) >= 11 is 0. The van der Waals surface area contributed by atoms with E-state index in [1.807, 2.05) is 12.1 Å². The standard InChI is InChI=1S/C28H28N4O4/c1-35-24-14-21-23(15-25(24)36-2)31-28(30-22-9-5-7-18-6-3-4-8-20(18)22)32-26(21)29-16-17-10-12-19(13-11-17)27(33)34/h5,7,9-15H,3-4,6,8,16H2,1-2H3,(H,33,34)(H2,29,30,31,32). The third-order valence-corrected chi connectivity index (χ3v) is 6.50. The Kier molecular flexibility index (Phi) is 6.58. The minimum atomic E-state index is -0.948. The number of carboxylic acid groups (broad SMARTS) is 1. The van der Waals surface area contributed by atoms with E-state index in [2.05, 4.69) is 28.8 Å². The van der Waals surface area contributed by atoms with Gasteiger partial charge in [0.15, 0.2) is 11.5 Å². The van der Waals surface area contributed by atoms with Gasteiger partial charge in [-0.1, -0.05) is 24.3 Å². The van der Waals surface area contributed by atoms with Gasteiger partial charge in [-0.2, -0.15) is 4.98 Å². The van der Waals surface area contributed by atoms with Crippen molar-refractivity contribution in [3.8, 4) is 11.5 Å². The number of aromatic carboxylic acids is 1. The SMILES string of the molecule is COc1cc2nc(Nc3cccc4c3CCCC4)nc(NCc3ccc(C(=O)O)cc3)c2cc1OC. The van der Waals surface area contributed by atoms with E-state index >= 15 is 0 Å². The van der Waals surface area contributed by atoms with Gasteiger partial charge in [0.2, 0.25) is 5.95 Å². The first-order valence-electron chi connectivity index (χ1n) is 11.9. The van der Waals surface area contributed by atoms with E-state index in [4.69, 9.17) is 24.5 Å². The van der Waals surface area contributed by atoms with Crippen molar-refractivity contribution in [3.63, 3.8) is 0 Å². The highest BCUT2D eigenvalue weighted by molar-refractivity contribution is 5.93. The van der Waals surface area contributed by atoms with Crippen LogP contribution in [0.3, 0.4) is 0 Å². The van der Waals surface area contributed by atoms with E-state index in [1.54, 1.807) is 38.5 Å². The smallest absolute Gasteiger partial charge is 0.335 e. The Bertz CT molecular complexity index is 1420. The molecule has 0 aliphatic heterocycles. The maximum absolute atomic E-state index is 11.2. The number of hydrogen-bond donors (Lipinski definition) is 3. The predicted molar refractivity (Wildman–Crippen MR) is 140 cm³/mol. The number of rotatable bonds is 8. The van der Waals surface area contributed by atoms with E-state index in [0.717, 1.165) is 29.5 Å². The Balaban J connectivity index is 1.52. The van der Waals surface area contributed by atoms with Crippen LogP contribution in [0.1, 0.15) is 39.9 Å². The quantitative estimate of drug-likeness (QED) is 0.298. The zero-order valence-electron chi connectivity index (χ0n) is 20.3. The first-order valence-corrected chi connectivity index (χ1v) is 11.9. The first-order chi connectivity index (χ1) is 17.6. The van der Waals surface area contributed by atoms with Crippen LogP contribution in [0.15, 0.2) is 54.6 Å². The number of methoxy groups -OCH3 is 2. The molecular weight excluding hydrogens is 456 g/mol. The molecule has 1 aromatic heterocycles. The third-order valence-electron chi connectivity index (χ3n) is 6.50. The van der Waals surface area contributed by atoms with E-state index in [0.29, 0.717) is 35.3 Å². The topological polar surface area (TPSA) is 106 Å². The van der Waals surface area contributed by atoms with Crippen LogP contribution >= 0.6 is 0 Å². The largest absolute Gasteiger partial charge is 0.493 e. The van der Waals surface area contributed by atoms with Crippen molar-refractivity contribution < 1.29 is 19.4 Å². The average molecular weight is 485 g/mol. The summed E-state index contributed by atoms with van der Waals surface area (Å²) in [7, 11) is 3.19. The van der Waals surface area contributed by atoms with Gasteiger partial charge in [0.1, 0.15) is 5.82 Å². The molecule has 0 radical (unpaired) electrons. The minimum absolute atomic E-state index is 0.251. The van der Waals surface area contributed by atoms with Crippen LogP contribution in [-0.2, 0) is 19.4 Å².